The Kier molecular flexibility index (Phi) is 6.20. The smallest absolute Gasteiger partial charge is 0.0818 e. The molecule has 2 rings (SSSR count). The zero-order valence-electron chi connectivity index (χ0n) is 12.0. The Morgan fingerprint density at radius 2 is 2.53 bits per heavy atom. The molecule has 2 unspecified atom stereocenters. The summed E-state index contributed by atoms with van der Waals surface area (Å²) in [5, 5.41) is 7.88. The second kappa shape index (κ2) is 7.92. The molecule has 2 heterocycles. The first-order valence-corrected chi connectivity index (χ1v) is 8.36. The number of hydrogen-bond donors (Lipinski definition) is 1. The summed E-state index contributed by atoms with van der Waals surface area (Å²) in [6.07, 6.45) is 5.57. The van der Waals surface area contributed by atoms with Gasteiger partial charge in [0.05, 0.1) is 12.7 Å². The van der Waals surface area contributed by atoms with Crippen LogP contribution in [0.3, 0.4) is 0 Å². The molecule has 0 aromatic carbocycles. The summed E-state index contributed by atoms with van der Waals surface area (Å²) in [7, 11) is 2.01. The molecule has 0 spiro atoms. The summed E-state index contributed by atoms with van der Waals surface area (Å²) in [4.78, 5) is 0. The number of hydrogen-bond acceptors (Lipinski definition) is 4. The summed E-state index contributed by atoms with van der Waals surface area (Å²) in [5.74, 6) is 2.26. The summed E-state index contributed by atoms with van der Waals surface area (Å²) >= 11 is 2.01. The van der Waals surface area contributed by atoms with Crippen LogP contribution in [-0.2, 0) is 18.2 Å². The molecule has 1 aromatic rings. The van der Waals surface area contributed by atoms with E-state index in [0.717, 1.165) is 37.5 Å². The van der Waals surface area contributed by atoms with Crippen LogP contribution in [0, 0.1) is 0 Å². The summed E-state index contributed by atoms with van der Waals surface area (Å²) in [6, 6.07) is 2.57. The van der Waals surface area contributed by atoms with E-state index in [9.17, 15) is 0 Å². The van der Waals surface area contributed by atoms with E-state index < -0.39 is 0 Å². The Bertz CT molecular complexity index is 363. The maximum absolute atomic E-state index is 5.93. The zero-order chi connectivity index (χ0) is 13.5. The summed E-state index contributed by atoms with van der Waals surface area (Å²) < 4.78 is 7.90. The molecule has 1 N–H and O–H groups in total. The maximum atomic E-state index is 5.93. The van der Waals surface area contributed by atoms with Crippen molar-refractivity contribution >= 4 is 11.8 Å². The van der Waals surface area contributed by atoms with Crippen molar-refractivity contribution in [2.24, 2.45) is 7.05 Å². The average molecular weight is 283 g/mol. The minimum absolute atomic E-state index is 0.360. The molecule has 19 heavy (non-hydrogen) atoms. The summed E-state index contributed by atoms with van der Waals surface area (Å²) in [5.41, 5.74) is 1.30. The molecule has 0 saturated carbocycles. The van der Waals surface area contributed by atoms with Crippen LogP contribution in [0.2, 0.25) is 0 Å². The van der Waals surface area contributed by atoms with Gasteiger partial charge in [-0.05, 0) is 31.9 Å². The van der Waals surface area contributed by atoms with Crippen molar-refractivity contribution in [1.82, 2.24) is 15.1 Å². The number of aryl methyl sites for hydroxylation is 2. The Labute approximate surface area is 120 Å². The van der Waals surface area contributed by atoms with Gasteiger partial charge in [-0.3, -0.25) is 4.68 Å². The first-order valence-electron chi connectivity index (χ1n) is 7.21. The Morgan fingerprint density at radius 1 is 1.63 bits per heavy atom. The number of rotatable bonds is 7. The van der Waals surface area contributed by atoms with Crippen LogP contribution in [0.1, 0.15) is 25.5 Å². The third-order valence-corrected chi connectivity index (χ3v) is 4.60. The van der Waals surface area contributed by atoms with Gasteiger partial charge in [0, 0.05) is 36.5 Å². The fraction of sp³-hybridized carbons (Fsp3) is 0.786. The molecule has 1 saturated heterocycles. The first kappa shape index (κ1) is 14.9. The molecule has 1 aliphatic heterocycles. The van der Waals surface area contributed by atoms with Crippen molar-refractivity contribution < 1.29 is 4.74 Å². The first-order chi connectivity index (χ1) is 9.31. The van der Waals surface area contributed by atoms with Gasteiger partial charge in [0.25, 0.3) is 0 Å². The van der Waals surface area contributed by atoms with Crippen LogP contribution < -0.4 is 5.32 Å². The molecular formula is C14H25N3OS. The molecule has 4 nitrogen and oxygen atoms in total. The van der Waals surface area contributed by atoms with Gasteiger partial charge in [0.15, 0.2) is 0 Å². The van der Waals surface area contributed by atoms with Gasteiger partial charge in [0.1, 0.15) is 0 Å². The molecule has 0 aliphatic carbocycles. The zero-order valence-corrected chi connectivity index (χ0v) is 12.8. The second-order valence-electron chi connectivity index (χ2n) is 5.03. The fourth-order valence-electron chi connectivity index (χ4n) is 2.44. The van der Waals surface area contributed by atoms with Crippen LogP contribution >= 0.6 is 11.8 Å². The van der Waals surface area contributed by atoms with Crippen molar-refractivity contribution in [3.8, 4) is 0 Å². The molecule has 0 bridgehead atoms. The Balaban J connectivity index is 1.87. The Hall–Kier alpha value is -0.520. The normalized spacial score (nSPS) is 21.5. The second-order valence-corrected chi connectivity index (χ2v) is 6.18. The highest BCUT2D eigenvalue weighted by Crippen LogP contribution is 2.18. The number of nitrogens with zero attached hydrogens (tertiary/aromatic N) is 2. The molecule has 2 atom stereocenters. The number of thioether (sulfide) groups is 1. The number of ether oxygens (including phenoxy) is 1. The topological polar surface area (TPSA) is 39.1 Å². The quantitative estimate of drug-likeness (QED) is 0.829. The van der Waals surface area contributed by atoms with Crippen molar-refractivity contribution in [2.45, 2.75) is 38.3 Å². The lowest BCUT2D eigenvalue weighted by atomic mass is 10.0. The van der Waals surface area contributed by atoms with E-state index in [1.165, 1.54) is 12.1 Å². The largest absolute Gasteiger partial charge is 0.375 e. The van der Waals surface area contributed by atoms with E-state index >= 15 is 0 Å². The minimum atomic E-state index is 0.360. The number of nitrogens with one attached hydrogen (secondary N) is 1. The third kappa shape index (κ3) is 4.51. The third-order valence-electron chi connectivity index (χ3n) is 3.58. The molecule has 5 heteroatoms. The summed E-state index contributed by atoms with van der Waals surface area (Å²) in [6.45, 7) is 4.17. The van der Waals surface area contributed by atoms with Crippen molar-refractivity contribution in [3.05, 3.63) is 18.0 Å². The highest BCUT2D eigenvalue weighted by molar-refractivity contribution is 7.99. The van der Waals surface area contributed by atoms with E-state index in [4.69, 9.17) is 4.74 Å². The van der Waals surface area contributed by atoms with Crippen LogP contribution in [0.15, 0.2) is 12.3 Å². The van der Waals surface area contributed by atoms with Gasteiger partial charge in [-0.25, -0.2) is 0 Å². The van der Waals surface area contributed by atoms with E-state index in [0.29, 0.717) is 12.1 Å². The minimum Gasteiger partial charge on any atom is -0.375 e. The van der Waals surface area contributed by atoms with Gasteiger partial charge in [-0.2, -0.15) is 16.9 Å². The van der Waals surface area contributed by atoms with Gasteiger partial charge in [-0.1, -0.05) is 6.92 Å². The SMILES string of the molecule is CCCNC(CCc1ccnn1C)C1CSCCO1. The van der Waals surface area contributed by atoms with Gasteiger partial charge < -0.3 is 10.1 Å². The van der Waals surface area contributed by atoms with Crippen LogP contribution in [0.4, 0.5) is 0 Å². The molecular weight excluding hydrogens is 258 g/mol. The fourth-order valence-corrected chi connectivity index (χ4v) is 3.38. The monoisotopic (exact) mass is 283 g/mol. The molecule has 0 amide bonds. The van der Waals surface area contributed by atoms with Crippen molar-refractivity contribution in [3.63, 3.8) is 0 Å². The van der Waals surface area contributed by atoms with Gasteiger partial charge >= 0.3 is 0 Å². The molecule has 1 aliphatic rings. The standard InChI is InChI=1S/C14H25N3OS/c1-3-7-15-13(14-11-19-10-9-18-14)5-4-12-6-8-16-17(12)2/h6,8,13-15H,3-5,7,9-11H2,1-2H3. The highest BCUT2D eigenvalue weighted by Gasteiger charge is 2.24. The Morgan fingerprint density at radius 3 is 3.16 bits per heavy atom. The van der Waals surface area contributed by atoms with Gasteiger partial charge in [-0.15, -0.1) is 0 Å². The number of aromatic nitrogens is 2. The highest BCUT2D eigenvalue weighted by atomic mass is 32.2. The molecule has 1 fully saturated rings. The molecule has 0 radical (unpaired) electrons. The van der Waals surface area contributed by atoms with E-state index in [-0.39, 0.29) is 0 Å². The molecule has 108 valence electrons. The van der Waals surface area contributed by atoms with Crippen LogP contribution in [0.25, 0.3) is 0 Å². The predicted octanol–water partition coefficient (Wildman–Crippen LogP) is 1.85. The average Bonchev–Trinajstić information content (AvgIpc) is 2.85. The van der Waals surface area contributed by atoms with Crippen LogP contribution in [0.5, 0.6) is 0 Å². The van der Waals surface area contributed by atoms with E-state index in [1.54, 1.807) is 0 Å². The predicted molar refractivity (Wildman–Crippen MR) is 80.7 cm³/mol. The van der Waals surface area contributed by atoms with Crippen LogP contribution in [-0.4, -0.2) is 46.6 Å². The van der Waals surface area contributed by atoms with E-state index in [1.807, 2.05) is 29.7 Å². The van der Waals surface area contributed by atoms with Gasteiger partial charge in [0.2, 0.25) is 0 Å². The lowest BCUT2D eigenvalue weighted by Gasteiger charge is -2.31. The van der Waals surface area contributed by atoms with Crippen molar-refractivity contribution in [2.75, 3.05) is 24.7 Å². The van der Waals surface area contributed by atoms with Crippen molar-refractivity contribution in [1.29, 1.82) is 0 Å². The molecule has 1 aromatic heterocycles. The van der Waals surface area contributed by atoms with E-state index in [2.05, 4.69) is 23.4 Å². The lowest BCUT2D eigenvalue weighted by Crippen LogP contribution is -2.45. The lowest BCUT2D eigenvalue weighted by molar-refractivity contribution is 0.0448. The maximum Gasteiger partial charge on any atom is 0.0818 e.